The molecule has 27 heavy (non-hydrogen) atoms. The highest BCUT2D eigenvalue weighted by Crippen LogP contribution is 2.39. The highest BCUT2D eigenvalue weighted by molar-refractivity contribution is 6.36. The molecule has 0 saturated heterocycles. The van der Waals surface area contributed by atoms with Gasteiger partial charge in [-0.2, -0.15) is 5.10 Å². The summed E-state index contributed by atoms with van der Waals surface area (Å²) in [7, 11) is 1.81. The van der Waals surface area contributed by atoms with E-state index < -0.39 is 12.1 Å². The quantitative estimate of drug-likeness (QED) is 0.561. The molecule has 1 aromatic carbocycles. The Bertz CT molecular complexity index is 821. The lowest BCUT2D eigenvalue weighted by molar-refractivity contribution is -0.150. The minimum atomic E-state index is -0.814. The van der Waals surface area contributed by atoms with Crippen LogP contribution in [0.15, 0.2) is 12.1 Å². The SMILES string of the molecule is CCCc1c(C)nn(C)c1Oc1cc(OC(C)C(=O)OCC)c(Cl)cc1Cl. The molecular weight excluding hydrogens is 391 g/mol. The summed E-state index contributed by atoms with van der Waals surface area (Å²) in [5.74, 6) is 0.793. The van der Waals surface area contributed by atoms with Gasteiger partial charge in [-0.1, -0.05) is 36.5 Å². The van der Waals surface area contributed by atoms with E-state index in [1.54, 1.807) is 24.6 Å². The fourth-order valence-electron chi connectivity index (χ4n) is 2.63. The maximum Gasteiger partial charge on any atom is 0.347 e. The van der Waals surface area contributed by atoms with Gasteiger partial charge in [0.2, 0.25) is 5.88 Å². The molecule has 0 aliphatic carbocycles. The number of aromatic nitrogens is 2. The van der Waals surface area contributed by atoms with E-state index in [2.05, 4.69) is 12.0 Å². The third-order valence-corrected chi connectivity index (χ3v) is 4.49. The summed E-state index contributed by atoms with van der Waals surface area (Å²) in [4.78, 5) is 11.8. The van der Waals surface area contributed by atoms with Crippen molar-refractivity contribution < 1.29 is 19.0 Å². The van der Waals surface area contributed by atoms with Crippen LogP contribution in [-0.4, -0.2) is 28.5 Å². The summed E-state index contributed by atoms with van der Waals surface area (Å²) >= 11 is 12.5. The summed E-state index contributed by atoms with van der Waals surface area (Å²) in [6.07, 6.45) is 0.984. The van der Waals surface area contributed by atoms with E-state index in [0.29, 0.717) is 16.7 Å². The van der Waals surface area contributed by atoms with Crippen molar-refractivity contribution in [2.24, 2.45) is 7.05 Å². The van der Waals surface area contributed by atoms with E-state index in [1.807, 2.05) is 14.0 Å². The molecule has 0 aliphatic heterocycles. The number of esters is 1. The normalized spacial score (nSPS) is 12.0. The topological polar surface area (TPSA) is 62.6 Å². The summed E-state index contributed by atoms with van der Waals surface area (Å²) in [5.41, 5.74) is 1.93. The van der Waals surface area contributed by atoms with Crippen LogP contribution in [-0.2, 0) is 23.0 Å². The van der Waals surface area contributed by atoms with Crippen LogP contribution < -0.4 is 9.47 Å². The van der Waals surface area contributed by atoms with Crippen LogP contribution >= 0.6 is 23.2 Å². The molecule has 0 spiro atoms. The van der Waals surface area contributed by atoms with Crippen LogP contribution in [0.4, 0.5) is 0 Å². The summed E-state index contributed by atoms with van der Waals surface area (Å²) in [6, 6.07) is 3.09. The van der Waals surface area contributed by atoms with Crippen LogP contribution in [0.2, 0.25) is 10.0 Å². The molecule has 2 aromatic rings. The zero-order valence-corrected chi connectivity index (χ0v) is 17.6. The van der Waals surface area contributed by atoms with Crippen LogP contribution in [0.5, 0.6) is 17.4 Å². The molecule has 0 N–H and O–H groups in total. The first-order valence-corrected chi connectivity index (χ1v) is 9.56. The van der Waals surface area contributed by atoms with Gasteiger partial charge in [0.25, 0.3) is 0 Å². The fraction of sp³-hybridized carbons (Fsp3) is 0.474. The van der Waals surface area contributed by atoms with Gasteiger partial charge in [0, 0.05) is 18.7 Å². The van der Waals surface area contributed by atoms with E-state index in [9.17, 15) is 4.79 Å². The second-order valence-electron chi connectivity index (χ2n) is 6.07. The fourth-order valence-corrected chi connectivity index (χ4v) is 3.09. The molecular formula is C19H24Cl2N2O4. The summed E-state index contributed by atoms with van der Waals surface area (Å²) in [5, 5.41) is 5.02. The zero-order chi connectivity index (χ0) is 20.1. The Balaban J connectivity index is 2.32. The van der Waals surface area contributed by atoms with Crippen molar-refractivity contribution in [3.63, 3.8) is 0 Å². The van der Waals surface area contributed by atoms with Gasteiger partial charge in [0.1, 0.15) is 5.75 Å². The molecule has 2 rings (SSSR count). The Labute approximate surface area is 169 Å². The number of carbonyl (C=O) groups excluding carboxylic acids is 1. The first-order chi connectivity index (χ1) is 12.8. The van der Waals surface area contributed by atoms with E-state index in [1.165, 1.54) is 6.07 Å². The number of halogens is 2. The van der Waals surface area contributed by atoms with Crippen LogP contribution in [0, 0.1) is 6.92 Å². The number of nitrogens with zero attached hydrogens (tertiary/aromatic N) is 2. The summed E-state index contributed by atoms with van der Waals surface area (Å²) < 4.78 is 18.3. The Kier molecular flexibility index (Phi) is 7.39. The van der Waals surface area contributed by atoms with Gasteiger partial charge in [-0.25, -0.2) is 9.48 Å². The Morgan fingerprint density at radius 1 is 1.22 bits per heavy atom. The Morgan fingerprint density at radius 2 is 1.89 bits per heavy atom. The third kappa shape index (κ3) is 5.08. The lowest BCUT2D eigenvalue weighted by atomic mass is 10.1. The predicted octanol–water partition coefficient (Wildman–Crippen LogP) is 5.11. The number of hydrogen-bond acceptors (Lipinski definition) is 5. The lowest BCUT2D eigenvalue weighted by Gasteiger charge is -2.16. The van der Waals surface area contributed by atoms with Gasteiger partial charge in [-0.05, 0) is 33.3 Å². The minimum absolute atomic E-state index is 0.273. The number of carbonyl (C=O) groups is 1. The van der Waals surface area contributed by atoms with E-state index in [4.69, 9.17) is 37.4 Å². The first-order valence-electron chi connectivity index (χ1n) is 8.81. The molecule has 1 heterocycles. The third-order valence-electron chi connectivity index (χ3n) is 3.90. The van der Waals surface area contributed by atoms with Crippen molar-refractivity contribution in [1.29, 1.82) is 0 Å². The van der Waals surface area contributed by atoms with Gasteiger partial charge in [0.15, 0.2) is 11.9 Å². The molecule has 1 atom stereocenters. The van der Waals surface area contributed by atoms with Crippen molar-refractivity contribution in [2.75, 3.05) is 6.61 Å². The second-order valence-corrected chi connectivity index (χ2v) is 6.88. The van der Waals surface area contributed by atoms with Gasteiger partial charge in [-0.3, -0.25) is 0 Å². The largest absolute Gasteiger partial charge is 0.477 e. The molecule has 0 bridgehead atoms. The van der Waals surface area contributed by atoms with Crippen LogP contribution in [0.25, 0.3) is 0 Å². The summed E-state index contributed by atoms with van der Waals surface area (Å²) in [6.45, 7) is 7.63. The number of benzene rings is 1. The second kappa shape index (κ2) is 9.33. The molecule has 6 nitrogen and oxygen atoms in total. The highest BCUT2D eigenvalue weighted by Gasteiger charge is 2.21. The monoisotopic (exact) mass is 414 g/mol. The van der Waals surface area contributed by atoms with Crippen LogP contribution in [0.1, 0.15) is 38.4 Å². The van der Waals surface area contributed by atoms with Crippen molar-refractivity contribution in [1.82, 2.24) is 9.78 Å². The van der Waals surface area contributed by atoms with Crippen molar-refractivity contribution in [3.05, 3.63) is 33.4 Å². The average molecular weight is 415 g/mol. The van der Waals surface area contributed by atoms with E-state index in [-0.39, 0.29) is 17.4 Å². The zero-order valence-electron chi connectivity index (χ0n) is 16.1. The van der Waals surface area contributed by atoms with E-state index in [0.717, 1.165) is 24.1 Å². The molecule has 0 aliphatic rings. The average Bonchev–Trinajstić information content (AvgIpc) is 2.86. The number of ether oxygens (including phenoxy) is 3. The maximum absolute atomic E-state index is 11.8. The van der Waals surface area contributed by atoms with Crippen molar-refractivity contribution in [2.45, 2.75) is 46.6 Å². The maximum atomic E-state index is 11.8. The van der Waals surface area contributed by atoms with Gasteiger partial charge in [-0.15, -0.1) is 0 Å². The molecule has 148 valence electrons. The molecule has 0 radical (unpaired) electrons. The molecule has 0 fully saturated rings. The molecule has 1 aromatic heterocycles. The molecule has 0 saturated carbocycles. The van der Waals surface area contributed by atoms with Gasteiger partial charge in [0.05, 0.1) is 22.3 Å². The van der Waals surface area contributed by atoms with E-state index >= 15 is 0 Å². The van der Waals surface area contributed by atoms with Crippen molar-refractivity contribution >= 4 is 29.2 Å². The van der Waals surface area contributed by atoms with Gasteiger partial charge < -0.3 is 14.2 Å². The first kappa shape index (κ1) is 21.4. The van der Waals surface area contributed by atoms with Crippen molar-refractivity contribution in [3.8, 4) is 17.4 Å². The molecule has 8 heteroatoms. The minimum Gasteiger partial charge on any atom is -0.477 e. The Morgan fingerprint density at radius 3 is 2.52 bits per heavy atom. The number of aryl methyl sites for hydroxylation is 2. The number of rotatable bonds is 8. The Hall–Kier alpha value is -1.92. The molecule has 0 amide bonds. The molecule has 1 unspecified atom stereocenters. The lowest BCUT2D eigenvalue weighted by Crippen LogP contribution is -2.26. The predicted molar refractivity (Wildman–Crippen MR) is 105 cm³/mol. The smallest absolute Gasteiger partial charge is 0.347 e. The number of hydrogen-bond donors (Lipinski definition) is 0. The highest BCUT2D eigenvalue weighted by atomic mass is 35.5. The van der Waals surface area contributed by atoms with Gasteiger partial charge >= 0.3 is 5.97 Å². The standard InChI is InChI=1S/C19H24Cl2N2O4/c1-6-8-13-11(3)22-23(5)18(13)27-17-10-16(14(20)9-15(17)21)26-12(4)19(24)25-7-2/h9-10,12H,6-8H2,1-5H3. The van der Waals surface area contributed by atoms with Crippen LogP contribution in [0.3, 0.4) is 0 Å².